The highest BCUT2D eigenvalue weighted by molar-refractivity contribution is 7.98. The second-order valence-corrected chi connectivity index (χ2v) is 5.15. The summed E-state index contributed by atoms with van der Waals surface area (Å²) in [5.74, 6) is 3.20. The van der Waals surface area contributed by atoms with Crippen molar-refractivity contribution in [1.82, 2.24) is 0 Å². The van der Waals surface area contributed by atoms with Gasteiger partial charge in [0.2, 0.25) is 0 Å². The van der Waals surface area contributed by atoms with Crippen LogP contribution in [-0.4, -0.2) is 0 Å². The topological polar surface area (TPSA) is 0 Å². The number of benzene rings is 1. The number of hydrogen-bond acceptors (Lipinski definition) is 1. The van der Waals surface area contributed by atoms with Crippen molar-refractivity contribution >= 4 is 11.8 Å². The van der Waals surface area contributed by atoms with Crippen LogP contribution < -0.4 is 0 Å². The van der Waals surface area contributed by atoms with E-state index in [2.05, 4.69) is 43.8 Å². The van der Waals surface area contributed by atoms with Gasteiger partial charge < -0.3 is 0 Å². The molecule has 14 heavy (non-hydrogen) atoms. The van der Waals surface area contributed by atoms with Gasteiger partial charge in [-0.2, -0.15) is 11.8 Å². The van der Waals surface area contributed by atoms with E-state index in [9.17, 15) is 0 Å². The second-order valence-electron chi connectivity index (χ2n) is 4.17. The van der Waals surface area contributed by atoms with E-state index in [0.29, 0.717) is 0 Å². The van der Waals surface area contributed by atoms with Gasteiger partial charge in [-0.15, -0.1) is 0 Å². The lowest BCUT2D eigenvalue weighted by Crippen LogP contribution is -1.98. The fraction of sp³-hybridized carbons (Fsp3) is 0.538. The predicted octanol–water partition coefficient (Wildman–Crippen LogP) is 4.34. The summed E-state index contributed by atoms with van der Waals surface area (Å²) in [5.41, 5.74) is 4.82. The molecule has 0 bridgehead atoms. The van der Waals surface area contributed by atoms with Gasteiger partial charge in [0.05, 0.1) is 0 Å². The summed E-state index contributed by atoms with van der Waals surface area (Å²) in [7, 11) is 0. The highest BCUT2D eigenvalue weighted by atomic mass is 32.2. The third kappa shape index (κ3) is 1.83. The largest absolute Gasteiger partial charge is 0.152 e. The summed E-state index contributed by atoms with van der Waals surface area (Å²) in [6.45, 7) is 4.64. The smallest absolute Gasteiger partial charge is 0.0193 e. The van der Waals surface area contributed by atoms with Crippen molar-refractivity contribution in [2.75, 3.05) is 0 Å². The molecular formula is C13H18S. The Bertz CT molecular complexity index is 317. The summed E-state index contributed by atoms with van der Waals surface area (Å²) in [5, 5.41) is 0. The molecule has 1 aliphatic heterocycles. The zero-order chi connectivity index (χ0) is 9.97. The first-order chi connectivity index (χ1) is 6.83. The Kier molecular flexibility index (Phi) is 3.17. The van der Waals surface area contributed by atoms with Gasteiger partial charge in [0.15, 0.2) is 0 Å². The Hall–Kier alpha value is -0.430. The maximum absolute atomic E-state index is 2.36. The lowest BCUT2D eigenvalue weighted by molar-refractivity contribution is 0.661. The van der Waals surface area contributed by atoms with Gasteiger partial charge >= 0.3 is 0 Å². The monoisotopic (exact) mass is 206 g/mol. The Labute approximate surface area is 91.1 Å². The van der Waals surface area contributed by atoms with E-state index in [1.807, 2.05) is 0 Å². The van der Waals surface area contributed by atoms with Crippen molar-refractivity contribution in [3.05, 3.63) is 34.9 Å². The highest BCUT2D eigenvalue weighted by Crippen LogP contribution is 2.36. The van der Waals surface area contributed by atoms with Gasteiger partial charge in [-0.05, 0) is 29.0 Å². The third-order valence-electron chi connectivity index (χ3n) is 3.07. The number of thioether (sulfide) groups is 1. The minimum atomic E-state index is 0.744. The molecule has 0 fully saturated rings. The van der Waals surface area contributed by atoms with Gasteiger partial charge in [-0.3, -0.25) is 0 Å². The van der Waals surface area contributed by atoms with Crippen LogP contribution >= 0.6 is 11.8 Å². The molecular weight excluding hydrogens is 188 g/mol. The summed E-state index contributed by atoms with van der Waals surface area (Å²) in [6, 6.07) is 6.84. The van der Waals surface area contributed by atoms with E-state index in [-0.39, 0.29) is 0 Å². The van der Waals surface area contributed by atoms with E-state index in [1.165, 1.54) is 24.3 Å². The molecule has 1 aliphatic rings. The molecule has 0 nitrogen and oxygen atoms in total. The molecule has 0 aliphatic carbocycles. The van der Waals surface area contributed by atoms with Crippen molar-refractivity contribution < 1.29 is 0 Å². The van der Waals surface area contributed by atoms with Gasteiger partial charge in [-0.25, -0.2) is 0 Å². The zero-order valence-electron chi connectivity index (χ0n) is 9.05. The van der Waals surface area contributed by atoms with E-state index in [1.54, 1.807) is 16.7 Å². The molecule has 1 aromatic rings. The predicted molar refractivity (Wildman–Crippen MR) is 64.8 cm³/mol. The molecule has 1 unspecified atom stereocenters. The molecule has 0 amide bonds. The Morgan fingerprint density at radius 3 is 3.00 bits per heavy atom. The van der Waals surface area contributed by atoms with Gasteiger partial charge in [-0.1, -0.05) is 38.5 Å². The first-order valence-electron chi connectivity index (χ1n) is 5.51. The summed E-state index contributed by atoms with van der Waals surface area (Å²) in [4.78, 5) is 0. The van der Waals surface area contributed by atoms with Crippen LogP contribution in [0.1, 0.15) is 49.3 Å². The number of hydrogen-bond donors (Lipinski definition) is 0. The lowest BCUT2D eigenvalue weighted by atomic mass is 9.91. The lowest BCUT2D eigenvalue weighted by Gasteiger charge is -2.14. The number of fused-ring (bicyclic) bond motifs is 1. The molecule has 0 N–H and O–H groups in total. The molecule has 2 rings (SSSR count). The molecule has 1 heterocycles. The van der Waals surface area contributed by atoms with Gasteiger partial charge in [0.25, 0.3) is 0 Å². The van der Waals surface area contributed by atoms with Crippen LogP contribution in [0.2, 0.25) is 0 Å². The highest BCUT2D eigenvalue weighted by Gasteiger charge is 2.17. The van der Waals surface area contributed by atoms with Crippen molar-refractivity contribution in [3.63, 3.8) is 0 Å². The summed E-state index contributed by atoms with van der Waals surface area (Å²) in [6.07, 6.45) is 2.61. The van der Waals surface area contributed by atoms with E-state index < -0.39 is 0 Å². The van der Waals surface area contributed by atoms with E-state index in [4.69, 9.17) is 0 Å². The van der Waals surface area contributed by atoms with Crippen LogP contribution in [0, 0.1) is 0 Å². The Morgan fingerprint density at radius 1 is 1.36 bits per heavy atom. The summed E-state index contributed by atoms with van der Waals surface area (Å²) >= 11 is 2.05. The van der Waals surface area contributed by atoms with Crippen LogP contribution in [0.3, 0.4) is 0 Å². The SMILES string of the molecule is CCCC(C)c1cccc2c1CSC2. The zero-order valence-corrected chi connectivity index (χ0v) is 9.86. The van der Waals surface area contributed by atoms with E-state index in [0.717, 1.165) is 5.92 Å². The molecule has 76 valence electrons. The molecule has 1 atom stereocenters. The second kappa shape index (κ2) is 4.39. The number of rotatable bonds is 3. The molecule has 0 spiro atoms. The normalized spacial score (nSPS) is 16.7. The molecule has 1 aromatic carbocycles. The van der Waals surface area contributed by atoms with Crippen molar-refractivity contribution in [2.24, 2.45) is 0 Å². The van der Waals surface area contributed by atoms with Crippen LogP contribution in [0.4, 0.5) is 0 Å². The minimum absolute atomic E-state index is 0.744. The first-order valence-corrected chi connectivity index (χ1v) is 6.66. The average Bonchev–Trinajstić information content (AvgIpc) is 2.65. The minimum Gasteiger partial charge on any atom is -0.152 e. The van der Waals surface area contributed by atoms with Gasteiger partial charge in [0.1, 0.15) is 0 Å². The van der Waals surface area contributed by atoms with Crippen LogP contribution in [0.5, 0.6) is 0 Å². The first kappa shape index (κ1) is 10.1. The standard InChI is InChI=1S/C13H18S/c1-3-5-10(2)12-7-4-6-11-8-14-9-13(11)12/h4,6-7,10H,3,5,8-9H2,1-2H3. The molecule has 0 radical (unpaired) electrons. The maximum atomic E-state index is 2.36. The van der Waals surface area contributed by atoms with Crippen molar-refractivity contribution in [3.8, 4) is 0 Å². The Morgan fingerprint density at radius 2 is 2.21 bits per heavy atom. The fourth-order valence-corrected chi connectivity index (χ4v) is 3.43. The van der Waals surface area contributed by atoms with Crippen LogP contribution in [0.25, 0.3) is 0 Å². The van der Waals surface area contributed by atoms with Crippen molar-refractivity contribution in [2.45, 2.75) is 44.1 Å². The third-order valence-corrected chi connectivity index (χ3v) is 4.07. The fourth-order valence-electron chi connectivity index (χ4n) is 2.28. The molecule has 0 saturated carbocycles. The molecule has 0 aromatic heterocycles. The van der Waals surface area contributed by atoms with E-state index >= 15 is 0 Å². The average molecular weight is 206 g/mol. The quantitative estimate of drug-likeness (QED) is 0.709. The van der Waals surface area contributed by atoms with Gasteiger partial charge in [0, 0.05) is 11.5 Å². The molecule has 0 saturated heterocycles. The van der Waals surface area contributed by atoms with Crippen LogP contribution in [0.15, 0.2) is 18.2 Å². The van der Waals surface area contributed by atoms with Crippen molar-refractivity contribution in [1.29, 1.82) is 0 Å². The summed E-state index contributed by atoms with van der Waals surface area (Å²) < 4.78 is 0. The molecule has 1 heteroatoms. The van der Waals surface area contributed by atoms with Crippen LogP contribution in [-0.2, 0) is 11.5 Å². The Balaban J connectivity index is 2.29. The maximum Gasteiger partial charge on any atom is 0.0193 e.